The van der Waals surface area contributed by atoms with E-state index < -0.39 is 0 Å². The average molecular weight is 204 g/mol. The summed E-state index contributed by atoms with van der Waals surface area (Å²) in [5.41, 5.74) is 1.24. The minimum absolute atomic E-state index is 0.892. The van der Waals surface area contributed by atoms with Crippen LogP contribution in [-0.4, -0.2) is 23.1 Å². The van der Waals surface area contributed by atoms with E-state index >= 15 is 0 Å². The van der Waals surface area contributed by atoms with Crippen LogP contribution >= 0.6 is 0 Å². The Balaban J connectivity index is 2.02. The summed E-state index contributed by atoms with van der Waals surface area (Å²) < 4.78 is 0. The first-order valence-corrected chi connectivity index (χ1v) is 5.77. The predicted molar refractivity (Wildman–Crippen MR) is 61.8 cm³/mol. The van der Waals surface area contributed by atoms with Crippen molar-refractivity contribution in [1.29, 1.82) is 0 Å². The molecule has 1 aliphatic heterocycles. The third kappa shape index (κ3) is 2.67. The fraction of sp³-hybridized carbons (Fsp3) is 0.583. The average Bonchev–Trinajstić information content (AvgIpc) is 2.32. The first kappa shape index (κ1) is 10.4. The van der Waals surface area contributed by atoms with E-state index in [9.17, 15) is 0 Å². The van der Waals surface area contributed by atoms with Gasteiger partial charge in [0.1, 0.15) is 0 Å². The molecule has 0 amide bonds. The lowest BCUT2D eigenvalue weighted by molar-refractivity contribution is 0.660. The van der Waals surface area contributed by atoms with Crippen molar-refractivity contribution < 1.29 is 0 Å². The molecule has 0 bridgehead atoms. The van der Waals surface area contributed by atoms with Crippen molar-refractivity contribution in [3.05, 3.63) is 24.4 Å². The van der Waals surface area contributed by atoms with Crippen LogP contribution in [0, 0.1) is 6.42 Å². The number of piperidine rings is 1. The molecule has 1 aliphatic rings. The van der Waals surface area contributed by atoms with E-state index in [1.54, 1.807) is 0 Å². The standard InChI is InChI=1S/C12H18N3/c1-2-6-11-9-13-12(14-10-11)15-7-4-3-5-8-15/h3,9-10H,2,4-8H2,1H3. The van der Waals surface area contributed by atoms with Crippen molar-refractivity contribution in [2.75, 3.05) is 18.0 Å². The Bertz CT molecular complexity index is 288. The highest BCUT2D eigenvalue weighted by molar-refractivity contribution is 5.30. The van der Waals surface area contributed by atoms with Crippen molar-refractivity contribution in [1.82, 2.24) is 9.97 Å². The van der Waals surface area contributed by atoms with Gasteiger partial charge in [-0.15, -0.1) is 0 Å². The highest BCUT2D eigenvalue weighted by atomic mass is 15.2. The van der Waals surface area contributed by atoms with Crippen LogP contribution in [0.15, 0.2) is 12.4 Å². The van der Waals surface area contributed by atoms with Gasteiger partial charge in [-0.1, -0.05) is 13.3 Å². The third-order valence-corrected chi connectivity index (χ3v) is 2.72. The van der Waals surface area contributed by atoms with Crippen LogP contribution in [0.1, 0.15) is 31.7 Å². The molecular formula is C12H18N3. The molecule has 1 radical (unpaired) electrons. The summed E-state index contributed by atoms with van der Waals surface area (Å²) in [7, 11) is 0. The molecule has 1 fully saturated rings. The molecule has 0 spiro atoms. The molecule has 0 aromatic carbocycles. The van der Waals surface area contributed by atoms with Gasteiger partial charge < -0.3 is 4.90 Å². The topological polar surface area (TPSA) is 29.0 Å². The Hall–Kier alpha value is -1.12. The van der Waals surface area contributed by atoms with E-state index in [-0.39, 0.29) is 0 Å². The number of anilines is 1. The molecule has 15 heavy (non-hydrogen) atoms. The Kier molecular flexibility index (Phi) is 3.54. The van der Waals surface area contributed by atoms with Gasteiger partial charge in [-0.2, -0.15) is 0 Å². The van der Waals surface area contributed by atoms with E-state index in [0.29, 0.717) is 0 Å². The molecule has 3 nitrogen and oxygen atoms in total. The van der Waals surface area contributed by atoms with Crippen molar-refractivity contribution in [2.24, 2.45) is 0 Å². The monoisotopic (exact) mass is 204 g/mol. The van der Waals surface area contributed by atoms with Gasteiger partial charge in [0.25, 0.3) is 0 Å². The van der Waals surface area contributed by atoms with Gasteiger partial charge in [0.2, 0.25) is 5.95 Å². The van der Waals surface area contributed by atoms with E-state index in [1.807, 2.05) is 12.4 Å². The van der Waals surface area contributed by atoms with Crippen LogP contribution in [-0.2, 0) is 6.42 Å². The summed E-state index contributed by atoms with van der Waals surface area (Å²) in [5, 5.41) is 0. The quantitative estimate of drug-likeness (QED) is 0.756. The molecule has 81 valence electrons. The normalized spacial score (nSPS) is 16.7. The van der Waals surface area contributed by atoms with E-state index in [4.69, 9.17) is 0 Å². The number of aryl methyl sites for hydroxylation is 1. The third-order valence-electron chi connectivity index (χ3n) is 2.72. The zero-order valence-corrected chi connectivity index (χ0v) is 9.32. The Labute approximate surface area is 91.5 Å². The van der Waals surface area contributed by atoms with E-state index in [0.717, 1.165) is 44.7 Å². The molecule has 0 saturated carbocycles. The molecule has 0 unspecified atom stereocenters. The van der Waals surface area contributed by atoms with Crippen LogP contribution in [0.3, 0.4) is 0 Å². The maximum atomic E-state index is 4.42. The Morgan fingerprint density at radius 2 is 1.87 bits per heavy atom. The highest BCUT2D eigenvalue weighted by Gasteiger charge is 2.12. The van der Waals surface area contributed by atoms with Gasteiger partial charge in [0, 0.05) is 25.5 Å². The maximum Gasteiger partial charge on any atom is 0.225 e. The van der Waals surface area contributed by atoms with Crippen molar-refractivity contribution in [3.63, 3.8) is 0 Å². The summed E-state index contributed by atoms with van der Waals surface area (Å²) >= 11 is 0. The molecule has 2 heterocycles. The molecule has 1 aromatic rings. The Morgan fingerprint density at radius 3 is 2.47 bits per heavy atom. The zero-order chi connectivity index (χ0) is 10.5. The molecule has 0 aliphatic carbocycles. The second-order valence-corrected chi connectivity index (χ2v) is 3.99. The summed E-state index contributed by atoms with van der Waals surface area (Å²) in [5.74, 6) is 0.892. The SMILES string of the molecule is CCCc1cnc(N2CC[CH]CC2)nc1. The fourth-order valence-corrected chi connectivity index (χ4v) is 1.88. The predicted octanol–water partition coefficient (Wildman–Crippen LogP) is 2.23. The first-order chi connectivity index (χ1) is 7.40. The van der Waals surface area contributed by atoms with Crippen LogP contribution in [0.4, 0.5) is 5.95 Å². The van der Waals surface area contributed by atoms with E-state index in [1.165, 1.54) is 5.56 Å². The van der Waals surface area contributed by atoms with Gasteiger partial charge in [0.05, 0.1) is 0 Å². The second kappa shape index (κ2) is 5.10. The number of hydrogen-bond acceptors (Lipinski definition) is 3. The summed E-state index contributed by atoms with van der Waals surface area (Å²) in [6, 6.07) is 0. The second-order valence-electron chi connectivity index (χ2n) is 3.99. The highest BCUT2D eigenvalue weighted by Crippen LogP contribution is 2.14. The number of aromatic nitrogens is 2. The molecule has 1 saturated heterocycles. The lowest BCUT2D eigenvalue weighted by atomic mass is 10.1. The van der Waals surface area contributed by atoms with Crippen molar-refractivity contribution in [3.8, 4) is 0 Å². The zero-order valence-electron chi connectivity index (χ0n) is 9.32. The molecule has 0 atom stereocenters. The molecular weight excluding hydrogens is 186 g/mol. The van der Waals surface area contributed by atoms with Crippen molar-refractivity contribution in [2.45, 2.75) is 32.6 Å². The summed E-state index contributed by atoms with van der Waals surface area (Å²) in [6.45, 7) is 4.30. The van der Waals surface area contributed by atoms with E-state index in [2.05, 4.69) is 28.2 Å². The largest absolute Gasteiger partial charge is 0.341 e. The number of rotatable bonds is 3. The fourth-order valence-electron chi connectivity index (χ4n) is 1.88. The van der Waals surface area contributed by atoms with Crippen LogP contribution < -0.4 is 4.90 Å². The lowest BCUT2D eigenvalue weighted by Crippen LogP contribution is -2.31. The van der Waals surface area contributed by atoms with Crippen LogP contribution in [0.25, 0.3) is 0 Å². The molecule has 3 heteroatoms. The smallest absolute Gasteiger partial charge is 0.225 e. The first-order valence-electron chi connectivity index (χ1n) is 5.77. The minimum Gasteiger partial charge on any atom is -0.341 e. The maximum absolute atomic E-state index is 4.42. The van der Waals surface area contributed by atoms with Gasteiger partial charge in [-0.05, 0) is 31.2 Å². The van der Waals surface area contributed by atoms with Gasteiger partial charge in [-0.25, -0.2) is 9.97 Å². The molecule has 1 aromatic heterocycles. The van der Waals surface area contributed by atoms with Crippen LogP contribution in [0.5, 0.6) is 0 Å². The minimum atomic E-state index is 0.892. The summed E-state index contributed by atoms with van der Waals surface area (Å²) in [4.78, 5) is 11.1. The lowest BCUT2D eigenvalue weighted by Gasteiger charge is -2.26. The molecule has 0 N–H and O–H groups in total. The van der Waals surface area contributed by atoms with Crippen LogP contribution in [0.2, 0.25) is 0 Å². The Morgan fingerprint density at radius 1 is 1.20 bits per heavy atom. The number of nitrogens with zero attached hydrogens (tertiary/aromatic N) is 3. The van der Waals surface area contributed by atoms with Crippen molar-refractivity contribution >= 4 is 5.95 Å². The van der Waals surface area contributed by atoms with Gasteiger partial charge in [0.15, 0.2) is 0 Å². The van der Waals surface area contributed by atoms with Gasteiger partial charge >= 0.3 is 0 Å². The number of hydrogen-bond donors (Lipinski definition) is 0. The summed E-state index contributed by atoms with van der Waals surface area (Å²) in [6.07, 6.45) is 10.8. The van der Waals surface area contributed by atoms with Gasteiger partial charge in [-0.3, -0.25) is 0 Å². The molecule has 2 rings (SSSR count).